The number of hydrogen-bond acceptors (Lipinski definition) is 4. The van der Waals surface area contributed by atoms with Crippen molar-refractivity contribution in [1.82, 2.24) is 9.97 Å². The Labute approximate surface area is 101 Å². The molecule has 0 atom stereocenters. The van der Waals surface area contributed by atoms with Gasteiger partial charge in [0.25, 0.3) is 0 Å². The number of carbonyl (C=O) groups excluding carboxylic acids is 1. The Morgan fingerprint density at radius 3 is 2.76 bits per heavy atom. The van der Waals surface area contributed by atoms with E-state index in [9.17, 15) is 9.18 Å². The van der Waals surface area contributed by atoms with Crippen LogP contribution >= 0.6 is 11.6 Å². The number of esters is 1. The van der Waals surface area contributed by atoms with Crippen molar-refractivity contribution in [2.45, 2.75) is 0 Å². The first kappa shape index (κ1) is 11.5. The van der Waals surface area contributed by atoms with Gasteiger partial charge in [0.15, 0.2) is 0 Å². The summed E-state index contributed by atoms with van der Waals surface area (Å²) in [5.74, 6) is -1.52. The third-order valence-corrected chi connectivity index (χ3v) is 2.07. The number of ether oxygens (including phenoxy) is 1. The molecule has 17 heavy (non-hydrogen) atoms. The maximum absolute atomic E-state index is 13.3. The first-order valence-corrected chi connectivity index (χ1v) is 5.00. The number of nitrogens with zero attached hydrogens (tertiary/aromatic N) is 2. The van der Waals surface area contributed by atoms with Crippen molar-refractivity contribution in [2.75, 3.05) is 0 Å². The summed E-state index contributed by atoms with van der Waals surface area (Å²) in [5.41, 5.74) is -0.165. The zero-order valence-corrected chi connectivity index (χ0v) is 9.19. The minimum Gasteiger partial charge on any atom is -0.404 e. The van der Waals surface area contributed by atoms with Gasteiger partial charge in [0.2, 0.25) is 11.2 Å². The van der Waals surface area contributed by atoms with E-state index < -0.39 is 11.8 Å². The normalized spacial score (nSPS) is 10.0. The molecule has 0 saturated heterocycles. The van der Waals surface area contributed by atoms with Crippen LogP contribution in [-0.4, -0.2) is 15.9 Å². The monoisotopic (exact) mass is 252 g/mol. The minimum atomic E-state index is -0.835. The molecule has 0 amide bonds. The van der Waals surface area contributed by atoms with Crippen molar-refractivity contribution < 1.29 is 13.9 Å². The highest BCUT2D eigenvalue weighted by Gasteiger charge is 2.13. The predicted molar refractivity (Wildman–Crippen MR) is 58.4 cm³/mol. The Morgan fingerprint density at radius 1 is 1.29 bits per heavy atom. The molecule has 0 aliphatic carbocycles. The molecule has 0 N–H and O–H groups in total. The Morgan fingerprint density at radius 2 is 2.06 bits per heavy atom. The Bertz CT molecular complexity index is 563. The van der Waals surface area contributed by atoms with Gasteiger partial charge in [-0.15, -0.1) is 0 Å². The Hall–Kier alpha value is -2.01. The molecule has 2 rings (SSSR count). The second-order valence-corrected chi connectivity index (χ2v) is 3.37. The second kappa shape index (κ2) is 4.88. The minimum absolute atomic E-state index is 0.0294. The van der Waals surface area contributed by atoms with E-state index in [4.69, 9.17) is 16.3 Å². The Kier molecular flexibility index (Phi) is 3.30. The second-order valence-electron chi connectivity index (χ2n) is 3.03. The summed E-state index contributed by atoms with van der Waals surface area (Å²) in [6.45, 7) is 0. The number of carbonyl (C=O) groups is 1. The van der Waals surface area contributed by atoms with Crippen molar-refractivity contribution in [3.8, 4) is 5.88 Å². The fourth-order valence-electron chi connectivity index (χ4n) is 1.15. The molecule has 1 aromatic heterocycles. The highest BCUT2D eigenvalue weighted by molar-refractivity contribution is 6.28. The van der Waals surface area contributed by atoms with Gasteiger partial charge in [-0.3, -0.25) is 0 Å². The van der Waals surface area contributed by atoms with E-state index in [2.05, 4.69) is 9.97 Å². The van der Waals surface area contributed by atoms with Gasteiger partial charge in [-0.05, 0) is 23.7 Å². The van der Waals surface area contributed by atoms with Gasteiger partial charge in [-0.1, -0.05) is 12.1 Å². The molecule has 0 aliphatic heterocycles. The zero-order chi connectivity index (χ0) is 12.3. The molecule has 6 heteroatoms. The lowest BCUT2D eigenvalue weighted by atomic mass is 10.2. The molecule has 1 aromatic carbocycles. The van der Waals surface area contributed by atoms with E-state index in [-0.39, 0.29) is 16.7 Å². The van der Waals surface area contributed by atoms with Crippen LogP contribution in [0.5, 0.6) is 5.88 Å². The quantitative estimate of drug-likeness (QED) is 0.609. The fraction of sp³-hybridized carbons (Fsp3) is 0. The molecular weight excluding hydrogens is 247 g/mol. The first-order valence-electron chi connectivity index (χ1n) is 4.62. The maximum Gasteiger partial charge on any atom is 0.347 e. The van der Waals surface area contributed by atoms with Gasteiger partial charge in [0.05, 0.1) is 5.56 Å². The Balaban J connectivity index is 2.20. The van der Waals surface area contributed by atoms with Crippen molar-refractivity contribution in [3.63, 3.8) is 0 Å². The molecule has 0 saturated carbocycles. The topological polar surface area (TPSA) is 52.1 Å². The smallest absolute Gasteiger partial charge is 0.347 e. The third kappa shape index (κ3) is 2.76. The van der Waals surface area contributed by atoms with Crippen LogP contribution in [0.2, 0.25) is 5.28 Å². The molecule has 2 aromatic rings. The van der Waals surface area contributed by atoms with E-state index in [0.717, 1.165) is 0 Å². The van der Waals surface area contributed by atoms with Crippen LogP contribution in [0.4, 0.5) is 4.39 Å². The molecule has 0 aliphatic rings. The molecule has 0 fully saturated rings. The summed E-state index contributed by atoms with van der Waals surface area (Å²) in [6.07, 6.45) is 1.33. The van der Waals surface area contributed by atoms with E-state index in [1.54, 1.807) is 0 Å². The number of halogens is 2. The predicted octanol–water partition coefficient (Wildman–Crippen LogP) is 2.49. The molecule has 4 nitrogen and oxygen atoms in total. The molecule has 1 heterocycles. The lowest BCUT2D eigenvalue weighted by Gasteiger charge is -2.03. The largest absolute Gasteiger partial charge is 0.404 e. The lowest BCUT2D eigenvalue weighted by molar-refractivity contribution is 0.0722. The van der Waals surface area contributed by atoms with Gasteiger partial charge < -0.3 is 4.74 Å². The standard InChI is InChI=1S/C11H6ClFN2O2/c12-11-14-6-5-9(15-11)17-10(16)7-3-1-2-4-8(7)13/h1-6H. The van der Waals surface area contributed by atoms with Gasteiger partial charge in [0.1, 0.15) is 5.82 Å². The average Bonchev–Trinajstić information content (AvgIpc) is 2.29. The van der Waals surface area contributed by atoms with Crippen LogP contribution in [0, 0.1) is 5.82 Å². The summed E-state index contributed by atoms with van der Waals surface area (Å²) in [5, 5.41) is -0.0520. The number of aromatic nitrogens is 2. The summed E-state index contributed by atoms with van der Waals surface area (Å²) >= 11 is 5.52. The van der Waals surface area contributed by atoms with E-state index in [1.807, 2.05) is 0 Å². The lowest BCUT2D eigenvalue weighted by Crippen LogP contribution is -2.11. The van der Waals surface area contributed by atoms with Crippen LogP contribution < -0.4 is 4.74 Å². The van der Waals surface area contributed by atoms with E-state index in [0.29, 0.717) is 0 Å². The molecule has 0 spiro atoms. The highest BCUT2D eigenvalue weighted by atomic mass is 35.5. The maximum atomic E-state index is 13.3. The van der Waals surface area contributed by atoms with E-state index in [1.165, 1.54) is 36.5 Å². The van der Waals surface area contributed by atoms with Gasteiger partial charge in [-0.2, -0.15) is 4.98 Å². The summed E-state index contributed by atoms with van der Waals surface area (Å²) in [6, 6.07) is 6.86. The third-order valence-electron chi connectivity index (χ3n) is 1.89. The SMILES string of the molecule is O=C(Oc1ccnc(Cl)n1)c1ccccc1F. The summed E-state index contributed by atoms with van der Waals surface area (Å²) in [4.78, 5) is 18.9. The number of benzene rings is 1. The van der Waals surface area contributed by atoms with Crippen molar-refractivity contribution in [3.05, 3.63) is 53.2 Å². The van der Waals surface area contributed by atoms with Crippen molar-refractivity contribution in [1.29, 1.82) is 0 Å². The van der Waals surface area contributed by atoms with Crippen LogP contribution in [-0.2, 0) is 0 Å². The van der Waals surface area contributed by atoms with Gasteiger partial charge in [-0.25, -0.2) is 14.2 Å². The summed E-state index contributed by atoms with van der Waals surface area (Å²) in [7, 11) is 0. The molecular formula is C11H6ClFN2O2. The van der Waals surface area contributed by atoms with Gasteiger partial charge in [0, 0.05) is 12.3 Å². The summed E-state index contributed by atoms with van der Waals surface area (Å²) < 4.78 is 18.1. The first-order chi connectivity index (χ1) is 8.16. The van der Waals surface area contributed by atoms with Crippen molar-refractivity contribution >= 4 is 17.6 Å². The molecule has 86 valence electrons. The van der Waals surface area contributed by atoms with Crippen molar-refractivity contribution in [2.24, 2.45) is 0 Å². The van der Waals surface area contributed by atoms with E-state index >= 15 is 0 Å². The molecule has 0 bridgehead atoms. The number of hydrogen-bond donors (Lipinski definition) is 0. The van der Waals surface area contributed by atoms with Crippen LogP contribution in [0.3, 0.4) is 0 Å². The fourth-order valence-corrected chi connectivity index (χ4v) is 1.29. The van der Waals surface area contributed by atoms with Crippen LogP contribution in [0.15, 0.2) is 36.5 Å². The van der Waals surface area contributed by atoms with Gasteiger partial charge >= 0.3 is 5.97 Å². The average molecular weight is 253 g/mol. The zero-order valence-electron chi connectivity index (χ0n) is 8.43. The van der Waals surface area contributed by atoms with Crippen LogP contribution in [0.25, 0.3) is 0 Å². The van der Waals surface area contributed by atoms with Crippen LogP contribution in [0.1, 0.15) is 10.4 Å². The number of rotatable bonds is 2. The molecule has 0 radical (unpaired) electrons. The molecule has 0 unspecified atom stereocenters. The highest BCUT2D eigenvalue weighted by Crippen LogP contribution is 2.13.